The summed E-state index contributed by atoms with van der Waals surface area (Å²) in [5, 5.41) is 4.88. The molecule has 0 saturated heterocycles. The van der Waals surface area contributed by atoms with Crippen molar-refractivity contribution >= 4 is 11.3 Å². The molecule has 17 heavy (non-hydrogen) atoms. The quantitative estimate of drug-likeness (QED) is 0.619. The van der Waals surface area contributed by atoms with Crippen molar-refractivity contribution in [2.24, 2.45) is 5.92 Å². The lowest BCUT2D eigenvalue weighted by Gasteiger charge is -2.15. The minimum Gasteiger partial charge on any atom is -0.252 e. The van der Waals surface area contributed by atoms with Crippen LogP contribution in [0.4, 0.5) is 5.69 Å². The van der Waals surface area contributed by atoms with E-state index in [0.717, 1.165) is 0 Å². The van der Waals surface area contributed by atoms with Gasteiger partial charge in [0.15, 0.2) is 0 Å². The Morgan fingerprint density at radius 1 is 1.00 bits per heavy atom. The maximum atomic E-state index is 4.88. The van der Waals surface area contributed by atoms with E-state index in [-0.39, 0.29) is 0 Å². The second-order valence-corrected chi connectivity index (χ2v) is 5.33. The van der Waals surface area contributed by atoms with Crippen LogP contribution >= 0.6 is 0 Å². The molecule has 1 heterocycles. The molecule has 0 spiro atoms. The Morgan fingerprint density at radius 2 is 1.71 bits per heavy atom. The molecular weight excluding hydrogens is 206 g/mol. The Bertz CT molecular complexity index is 437. The molecule has 0 N–H and O–H groups in total. The molecule has 1 aliphatic heterocycles. The molecule has 1 radical (unpaired) electrons. The van der Waals surface area contributed by atoms with Crippen LogP contribution in [0.3, 0.4) is 0 Å². The molecule has 0 bridgehead atoms. The second kappa shape index (κ2) is 4.56. The van der Waals surface area contributed by atoms with Gasteiger partial charge in [0.1, 0.15) is 0 Å². The van der Waals surface area contributed by atoms with E-state index < -0.39 is 0 Å². The van der Waals surface area contributed by atoms with E-state index in [0.29, 0.717) is 5.92 Å². The van der Waals surface area contributed by atoms with Crippen molar-refractivity contribution in [2.45, 2.75) is 45.4 Å². The van der Waals surface area contributed by atoms with E-state index in [4.69, 9.17) is 5.32 Å². The minimum atomic E-state index is 0.713. The number of hydrogen-bond donors (Lipinski definition) is 0. The van der Waals surface area contributed by atoms with Crippen molar-refractivity contribution in [3.63, 3.8) is 0 Å². The fourth-order valence-corrected chi connectivity index (χ4v) is 3.19. The van der Waals surface area contributed by atoms with E-state index >= 15 is 0 Å². The van der Waals surface area contributed by atoms with Gasteiger partial charge in [0.05, 0.1) is 5.69 Å². The zero-order chi connectivity index (χ0) is 11.7. The van der Waals surface area contributed by atoms with Crippen LogP contribution in [0.1, 0.15) is 51.0 Å². The van der Waals surface area contributed by atoms with E-state index in [2.05, 4.69) is 31.2 Å². The van der Waals surface area contributed by atoms with Crippen molar-refractivity contribution < 1.29 is 0 Å². The maximum absolute atomic E-state index is 4.88. The van der Waals surface area contributed by atoms with Crippen LogP contribution in [-0.4, -0.2) is 0 Å². The summed E-state index contributed by atoms with van der Waals surface area (Å²) in [5.74, 6) is 0.713. The summed E-state index contributed by atoms with van der Waals surface area (Å²) in [6.07, 6.45) is 8.26. The Labute approximate surface area is 104 Å². The van der Waals surface area contributed by atoms with Gasteiger partial charge in [-0.2, -0.15) is 0 Å². The molecule has 1 aromatic carbocycles. The number of para-hydroxylation sites is 1. The third-order valence-electron chi connectivity index (χ3n) is 4.18. The lowest BCUT2D eigenvalue weighted by molar-refractivity contribution is 0.513. The molecule has 1 fully saturated rings. The highest BCUT2D eigenvalue weighted by Gasteiger charge is 2.26. The Balaban J connectivity index is 1.88. The van der Waals surface area contributed by atoms with Crippen LogP contribution in [0.25, 0.3) is 5.57 Å². The molecular formula is C16H20N. The van der Waals surface area contributed by atoms with Gasteiger partial charge in [0, 0.05) is 17.2 Å². The van der Waals surface area contributed by atoms with Crippen LogP contribution in [0.2, 0.25) is 0 Å². The highest BCUT2D eigenvalue weighted by Crippen LogP contribution is 2.40. The first kappa shape index (κ1) is 10.9. The number of allylic oxidation sites excluding steroid dienone is 2. The molecule has 1 nitrogen and oxygen atoms in total. The predicted octanol–water partition coefficient (Wildman–Crippen LogP) is 4.64. The highest BCUT2D eigenvalue weighted by atomic mass is 14.9. The van der Waals surface area contributed by atoms with Crippen molar-refractivity contribution in [1.29, 1.82) is 0 Å². The van der Waals surface area contributed by atoms with E-state index in [1.54, 1.807) is 0 Å². The van der Waals surface area contributed by atoms with Crippen LogP contribution in [0.5, 0.6) is 0 Å². The molecule has 1 heteroatoms. The molecule has 0 atom stereocenters. The number of rotatable bonds is 1. The summed E-state index contributed by atoms with van der Waals surface area (Å²) in [4.78, 5) is 0. The standard InChI is InChI=1S/C16H20N/c1-12-14-10-6-7-11-15(14)17-16(12)13-8-4-2-3-5-9-13/h6-7,10-11,13H,2-5,8-9H2,1H3. The Hall–Kier alpha value is -1.24. The largest absolute Gasteiger partial charge is 0.252 e. The predicted molar refractivity (Wildman–Crippen MR) is 72.0 cm³/mol. The summed E-state index contributed by atoms with van der Waals surface area (Å²) in [7, 11) is 0. The van der Waals surface area contributed by atoms with Crippen molar-refractivity contribution in [2.75, 3.05) is 0 Å². The summed E-state index contributed by atoms with van der Waals surface area (Å²) in [6.45, 7) is 2.25. The molecule has 1 saturated carbocycles. The number of hydrogen-bond acceptors (Lipinski definition) is 0. The summed E-state index contributed by atoms with van der Waals surface area (Å²) in [6, 6.07) is 8.56. The lowest BCUT2D eigenvalue weighted by atomic mass is 9.93. The maximum Gasteiger partial charge on any atom is 0.0708 e. The molecule has 89 valence electrons. The molecule has 3 rings (SSSR count). The number of nitrogens with zero attached hydrogens (tertiary/aromatic N) is 1. The lowest BCUT2D eigenvalue weighted by Crippen LogP contribution is -2.08. The van der Waals surface area contributed by atoms with Gasteiger partial charge < -0.3 is 0 Å². The van der Waals surface area contributed by atoms with Gasteiger partial charge >= 0.3 is 0 Å². The van der Waals surface area contributed by atoms with Crippen molar-refractivity contribution in [1.82, 2.24) is 5.32 Å². The van der Waals surface area contributed by atoms with Crippen molar-refractivity contribution in [3.8, 4) is 0 Å². The van der Waals surface area contributed by atoms with E-state index in [1.165, 1.54) is 61.0 Å². The average molecular weight is 226 g/mol. The summed E-state index contributed by atoms with van der Waals surface area (Å²) >= 11 is 0. The smallest absolute Gasteiger partial charge is 0.0708 e. The zero-order valence-electron chi connectivity index (χ0n) is 10.6. The van der Waals surface area contributed by atoms with Crippen LogP contribution in [-0.2, 0) is 0 Å². The second-order valence-electron chi connectivity index (χ2n) is 5.33. The SMILES string of the molecule is CC1=C(C2CCCCCC2)[N]c2ccccc21. The van der Waals surface area contributed by atoms with Gasteiger partial charge in [-0.1, -0.05) is 43.9 Å². The Morgan fingerprint density at radius 3 is 2.41 bits per heavy atom. The van der Waals surface area contributed by atoms with Crippen LogP contribution in [0, 0.1) is 5.92 Å². The van der Waals surface area contributed by atoms with Crippen molar-refractivity contribution in [3.05, 3.63) is 35.5 Å². The van der Waals surface area contributed by atoms with Gasteiger partial charge in [-0.25, -0.2) is 0 Å². The molecule has 0 aromatic heterocycles. The molecule has 0 unspecified atom stereocenters. The van der Waals surface area contributed by atoms with Crippen LogP contribution in [0.15, 0.2) is 30.0 Å². The van der Waals surface area contributed by atoms with E-state index in [9.17, 15) is 0 Å². The number of fused-ring (bicyclic) bond motifs is 1. The minimum absolute atomic E-state index is 0.713. The third kappa shape index (κ3) is 1.99. The number of benzene rings is 1. The fraction of sp³-hybridized carbons (Fsp3) is 0.500. The fourth-order valence-electron chi connectivity index (χ4n) is 3.19. The summed E-state index contributed by atoms with van der Waals surface area (Å²) < 4.78 is 0. The molecule has 2 aliphatic rings. The highest BCUT2D eigenvalue weighted by molar-refractivity contribution is 5.81. The summed E-state index contributed by atoms with van der Waals surface area (Å²) in [5.41, 5.74) is 5.34. The molecule has 1 aliphatic carbocycles. The molecule has 0 amide bonds. The topological polar surface area (TPSA) is 14.1 Å². The first-order chi connectivity index (χ1) is 8.36. The first-order valence-corrected chi connectivity index (χ1v) is 6.88. The normalized spacial score (nSPS) is 21.0. The average Bonchev–Trinajstić information content (AvgIpc) is 2.57. The van der Waals surface area contributed by atoms with Gasteiger partial charge in [-0.3, -0.25) is 5.32 Å². The van der Waals surface area contributed by atoms with E-state index in [1.807, 2.05) is 0 Å². The zero-order valence-corrected chi connectivity index (χ0v) is 10.6. The molecule has 1 aromatic rings. The van der Waals surface area contributed by atoms with Gasteiger partial charge in [-0.05, 0) is 31.4 Å². The Kier molecular flexibility index (Phi) is 2.92. The van der Waals surface area contributed by atoms with Gasteiger partial charge in [-0.15, -0.1) is 0 Å². The first-order valence-electron chi connectivity index (χ1n) is 6.88. The third-order valence-corrected chi connectivity index (χ3v) is 4.18. The monoisotopic (exact) mass is 226 g/mol. The van der Waals surface area contributed by atoms with Gasteiger partial charge in [0.25, 0.3) is 0 Å². The van der Waals surface area contributed by atoms with Crippen LogP contribution < -0.4 is 5.32 Å². The van der Waals surface area contributed by atoms with Gasteiger partial charge in [0.2, 0.25) is 0 Å².